The summed E-state index contributed by atoms with van der Waals surface area (Å²) >= 11 is 8.17. The van der Waals surface area contributed by atoms with Gasteiger partial charge in [0.2, 0.25) is 11.1 Å². The van der Waals surface area contributed by atoms with Crippen molar-refractivity contribution >= 4 is 40.9 Å². The van der Waals surface area contributed by atoms with Gasteiger partial charge >= 0.3 is 0 Å². The highest BCUT2D eigenvalue weighted by molar-refractivity contribution is 7.98. The molecule has 0 saturated heterocycles. The molecular formula is C27H24ClN5O2S. The van der Waals surface area contributed by atoms with E-state index in [0.29, 0.717) is 38.8 Å². The Hall–Kier alpha value is -3.75. The number of ether oxygens (including phenoxy) is 1. The molecule has 2 N–H and O–H groups in total. The van der Waals surface area contributed by atoms with Crippen molar-refractivity contribution < 1.29 is 9.53 Å². The summed E-state index contributed by atoms with van der Waals surface area (Å²) in [6.45, 7) is 1.86. The zero-order chi connectivity index (χ0) is 25.1. The van der Waals surface area contributed by atoms with Crippen molar-refractivity contribution in [1.29, 1.82) is 0 Å². The molecule has 182 valence electrons. The highest BCUT2D eigenvalue weighted by atomic mass is 35.5. The number of methoxy groups -OCH3 is 1. The minimum Gasteiger partial charge on any atom is -0.495 e. The van der Waals surface area contributed by atoms with Crippen LogP contribution in [0.15, 0.2) is 95.3 Å². The monoisotopic (exact) mass is 517 g/mol. The lowest BCUT2D eigenvalue weighted by Crippen LogP contribution is -2.31. The predicted octanol–water partition coefficient (Wildman–Crippen LogP) is 6.16. The first kappa shape index (κ1) is 24.0. The van der Waals surface area contributed by atoms with Crippen molar-refractivity contribution in [3.63, 3.8) is 0 Å². The van der Waals surface area contributed by atoms with Crippen LogP contribution in [0.4, 0.5) is 11.6 Å². The third kappa shape index (κ3) is 4.82. The average molecular weight is 518 g/mol. The summed E-state index contributed by atoms with van der Waals surface area (Å²) in [5.41, 5.74) is 3.68. The number of anilines is 2. The molecule has 9 heteroatoms. The van der Waals surface area contributed by atoms with Crippen LogP contribution in [0.1, 0.15) is 24.1 Å². The second-order valence-electron chi connectivity index (χ2n) is 8.18. The van der Waals surface area contributed by atoms with Crippen LogP contribution in [0, 0.1) is 0 Å². The van der Waals surface area contributed by atoms with E-state index >= 15 is 0 Å². The molecule has 1 aliphatic heterocycles. The Balaban J connectivity index is 1.51. The number of nitrogens with zero attached hydrogens (tertiary/aromatic N) is 3. The number of amides is 1. The maximum absolute atomic E-state index is 13.7. The molecule has 0 saturated carbocycles. The summed E-state index contributed by atoms with van der Waals surface area (Å²) in [6.07, 6.45) is 0. The zero-order valence-corrected chi connectivity index (χ0v) is 21.3. The van der Waals surface area contributed by atoms with Crippen molar-refractivity contribution in [3.05, 3.63) is 106 Å². The Morgan fingerprint density at radius 2 is 1.81 bits per heavy atom. The number of allylic oxidation sites excluding steroid dienone is 1. The number of carbonyl (C=O) groups is 1. The number of fused-ring (bicyclic) bond motifs is 1. The summed E-state index contributed by atoms with van der Waals surface area (Å²) in [6, 6.07) is 24.4. The maximum Gasteiger partial charge on any atom is 0.255 e. The Morgan fingerprint density at radius 1 is 1.08 bits per heavy atom. The van der Waals surface area contributed by atoms with E-state index in [2.05, 4.69) is 22.8 Å². The lowest BCUT2D eigenvalue weighted by molar-refractivity contribution is -0.113. The van der Waals surface area contributed by atoms with Gasteiger partial charge in [0.25, 0.3) is 5.91 Å². The normalized spacial score (nSPS) is 14.7. The highest BCUT2D eigenvalue weighted by Crippen LogP contribution is 2.39. The summed E-state index contributed by atoms with van der Waals surface area (Å²) in [5.74, 6) is 1.58. The van der Waals surface area contributed by atoms with Crippen molar-refractivity contribution in [2.45, 2.75) is 23.9 Å². The number of hydrogen-bond donors (Lipinski definition) is 2. The Kier molecular flexibility index (Phi) is 6.97. The predicted molar refractivity (Wildman–Crippen MR) is 144 cm³/mol. The number of carbonyl (C=O) groups excluding carboxylic acids is 1. The quantitative estimate of drug-likeness (QED) is 0.286. The third-order valence-electron chi connectivity index (χ3n) is 5.84. The van der Waals surface area contributed by atoms with E-state index in [1.807, 2.05) is 61.5 Å². The molecule has 4 aromatic rings. The van der Waals surface area contributed by atoms with Crippen LogP contribution in [0.2, 0.25) is 5.02 Å². The maximum atomic E-state index is 13.7. The number of hydrogen-bond acceptors (Lipinski definition) is 6. The van der Waals surface area contributed by atoms with E-state index in [1.165, 1.54) is 17.3 Å². The fraction of sp³-hybridized carbons (Fsp3) is 0.148. The Morgan fingerprint density at radius 3 is 2.58 bits per heavy atom. The number of rotatable bonds is 7. The molecule has 1 aromatic heterocycles. The van der Waals surface area contributed by atoms with Gasteiger partial charge < -0.3 is 15.4 Å². The number of halogens is 1. The molecule has 3 aromatic carbocycles. The number of thioether (sulfide) groups is 1. The summed E-state index contributed by atoms with van der Waals surface area (Å²) in [7, 11) is 1.57. The number of nitrogens with one attached hydrogen (secondary N) is 2. The SMILES string of the molecule is COc1ccccc1NC(=O)C1=C(C)Nc2nc(SCc3ccccc3)nn2C1c1ccccc1Cl. The van der Waals surface area contributed by atoms with Crippen LogP contribution in [0.3, 0.4) is 0 Å². The summed E-state index contributed by atoms with van der Waals surface area (Å²) in [4.78, 5) is 18.4. The van der Waals surface area contributed by atoms with Gasteiger partial charge in [-0.25, -0.2) is 4.68 Å². The molecule has 1 amide bonds. The second-order valence-corrected chi connectivity index (χ2v) is 9.53. The van der Waals surface area contributed by atoms with Crippen LogP contribution in [-0.2, 0) is 10.5 Å². The van der Waals surface area contributed by atoms with Gasteiger partial charge in [0, 0.05) is 22.0 Å². The van der Waals surface area contributed by atoms with E-state index in [-0.39, 0.29) is 5.91 Å². The van der Waals surface area contributed by atoms with Gasteiger partial charge in [-0.2, -0.15) is 4.98 Å². The van der Waals surface area contributed by atoms with Gasteiger partial charge in [-0.1, -0.05) is 84.0 Å². The first-order valence-corrected chi connectivity index (χ1v) is 12.7. The first-order valence-electron chi connectivity index (χ1n) is 11.3. The molecule has 2 heterocycles. The van der Waals surface area contributed by atoms with Gasteiger partial charge in [0.05, 0.1) is 18.4 Å². The fourth-order valence-electron chi connectivity index (χ4n) is 4.13. The largest absolute Gasteiger partial charge is 0.495 e. The van der Waals surface area contributed by atoms with Crippen LogP contribution >= 0.6 is 23.4 Å². The minimum absolute atomic E-state index is 0.283. The summed E-state index contributed by atoms with van der Waals surface area (Å²) in [5, 5.41) is 12.2. The molecule has 7 nitrogen and oxygen atoms in total. The van der Waals surface area contributed by atoms with E-state index in [0.717, 1.165) is 11.3 Å². The van der Waals surface area contributed by atoms with E-state index in [9.17, 15) is 4.79 Å². The van der Waals surface area contributed by atoms with Crippen LogP contribution in [-0.4, -0.2) is 27.8 Å². The van der Waals surface area contributed by atoms with Crippen LogP contribution in [0.5, 0.6) is 5.75 Å². The van der Waals surface area contributed by atoms with Crippen LogP contribution < -0.4 is 15.4 Å². The standard InChI is InChI=1S/C27H24ClN5O2S/c1-17-23(25(34)30-21-14-8-9-15-22(21)35-2)24(19-12-6-7-13-20(19)28)33-26(29-17)31-27(32-33)36-16-18-10-4-3-5-11-18/h3-15,24H,16H2,1-2H3,(H,30,34)(H,29,31,32). The van der Waals surface area contributed by atoms with Gasteiger partial charge in [0.15, 0.2) is 0 Å². The zero-order valence-electron chi connectivity index (χ0n) is 19.7. The topological polar surface area (TPSA) is 81.1 Å². The van der Waals surface area contributed by atoms with E-state index in [1.54, 1.807) is 23.9 Å². The molecule has 0 aliphatic carbocycles. The Bertz CT molecular complexity index is 1440. The number of para-hydroxylation sites is 2. The molecule has 1 unspecified atom stereocenters. The van der Waals surface area contributed by atoms with Crippen molar-refractivity contribution in [3.8, 4) is 5.75 Å². The molecule has 0 fully saturated rings. The van der Waals surface area contributed by atoms with Crippen LogP contribution in [0.25, 0.3) is 0 Å². The first-order chi connectivity index (χ1) is 17.5. The highest BCUT2D eigenvalue weighted by Gasteiger charge is 2.35. The molecular weight excluding hydrogens is 494 g/mol. The van der Waals surface area contributed by atoms with Gasteiger partial charge in [-0.3, -0.25) is 4.79 Å². The van der Waals surface area contributed by atoms with E-state index in [4.69, 9.17) is 26.4 Å². The van der Waals surface area contributed by atoms with Crippen molar-refractivity contribution in [1.82, 2.24) is 14.8 Å². The van der Waals surface area contributed by atoms with Gasteiger partial charge in [-0.15, -0.1) is 5.10 Å². The molecule has 1 atom stereocenters. The second kappa shape index (κ2) is 10.5. The number of benzene rings is 3. The third-order valence-corrected chi connectivity index (χ3v) is 7.10. The molecule has 5 rings (SSSR count). The minimum atomic E-state index is -0.566. The fourth-order valence-corrected chi connectivity index (χ4v) is 5.15. The molecule has 1 aliphatic rings. The Labute approximate surface area is 218 Å². The summed E-state index contributed by atoms with van der Waals surface area (Å²) < 4.78 is 7.15. The smallest absolute Gasteiger partial charge is 0.255 e. The van der Waals surface area contributed by atoms with Gasteiger partial charge in [-0.05, 0) is 30.7 Å². The lowest BCUT2D eigenvalue weighted by Gasteiger charge is -2.29. The number of aromatic nitrogens is 3. The molecule has 0 bridgehead atoms. The van der Waals surface area contributed by atoms with Crippen molar-refractivity contribution in [2.24, 2.45) is 0 Å². The van der Waals surface area contributed by atoms with Crippen molar-refractivity contribution in [2.75, 3.05) is 17.7 Å². The van der Waals surface area contributed by atoms with Gasteiger partial charge in [0.1, 0.15) is 11.8 Å². The molecule has 0 radical (unpaired) electrons. The molecule has 36 heavy (non-hydrogen) atoms. The lowest BCUT2D eigenvalue weighted by atomic mass is 9.95. The van der Waals surface area contributed by atoms with E-state index < -0.39 is 6.04 Å². The average Bonchev–Trinajstić information content (AvgIpc) is 3.30. The molecule has 0 spiro atoms.